The number of methoxy groups -OCH3 is 3. The Kier molecular flexibility index (Phi) is 7.12. The van der Waals surface area contributed by atoms with Crippen LogP contribution in [0, 0.1) is 6.92 Å². The molecule has 0 unspecified atom stereocenters. The number of halogens is 1. The third kappa shape index (κ3) is 4.86. The Hall–Kier alpha value is -2.93. The molecule has 2 amide bonds. The van der Waals surface area contributed by atoms with Gasteiger partial charge in [0.05, 0.1) is 21.3 Å². The van der Waals surface area contributed by atoms with Gasteiger partial charge in [-0.3, -0.25) is 9.59 Å². The lowest BCUT2D eigenvalue weighted by Crippen LogP contribution is -2.41. The molecule has 0 spiro atoms. The van der Waals surface area contributed by atoms with E-state index in [0.29, 0.717) is 28.0 Å². The molecule has 2 N–H and O–H groups in total. The molecular formula is C20H23ClN2O5. The highest BCUT2D eigenvalue weighted by Crippen LogP contribution is 2.38. The van der Waals surface area contributed by atoms with Crippen LogP contribution in [0.4, 0.5) is 5.69 Å². The van der Waals surface area contributed by atoms with Crippen molar-refractivity contribution >= 4 is 29.1 Å². The van der Waals surface area contributed by atoms with Gasteiger partial charge in [0.15, 0.2) is 11.5 Å². The summed E-state index contributed by atoms with van der Waals surface area (Å²) in [5.41, 5.74) is 1.73. The van der Waals surface area contributed by atoms with Crippen molar-refractivity contribution in [2.75, 3.05) is 26.6 Å². The number of carbonyl (C=O) groups is 2. The second-order valence-corrected chi connectivity index (χ2v) is 6.47. The number of amides is 2. The van der Waals surface area contributed by atoms with E-state index in [4.69, 9.17) is 25.8 Å². The minimum absolute atomic E-state index is 0.271. The average Bonchev–Trinajstić information content (AvgIpc) is 2.69. The van der Waals surface area contributed by atoms with Crippen LogP contribution in [-0.2, 0) is 4.79 Å². The molecule has 0 bridgehead atoms. The molecule has 2 aromatic rings. The van der Waals surface area contributed by atoms with Crippen LogP contribution in [-0.4, -0.2) is 39.2 Å². The van der Waals surface area contributed by atoms with Crippen molar-refractivity contribution in [1.29, 1.82) is 0 Å². The largest absolute Gasteiger partial charge is 0.493 e. The molecule has 0 saturated carbocycles. The molecule has 1 atom stereocenters. The first-order valence-electron chi connectivity index (χ1n) is 8.48. The normalized spacial score (nSPS) is 11.4. The van der Waals surface area contributed by atoms with Crippen LogP contribution in [0.15, 0.2) is 30.3 Å². The van der Waals surface area contributed by atoms with Gasteiger partial charge in [0, 0.05) is 16.3 Å². The monoisotopic (exact) mass is 406 g/mol. The molecule has 0 aliphatic heterocycles. The van der Waals surface area contributed by atoms with E-state index in [2.05, 4.69) is 10.6 Å². The van der Waals surface area contributed by atoms with Gasteiger partial charge in [0.2, 0.25) is 11.7 Å². The first kappa shape index (κ1) is 21.4. The Morgan fingerprint density at radius 2 is 1.61 bits per heavy atom. The van der Waals surface area contributed by atoms with E-state index in [1.165, 1.54) is 33.5 Å². The molecule has 2 rings (SSSR count). The smallest absolute Gasteiger partial charge is 0.252 e. The van der Waals surface area contributed by atoms with Crippen molar-refractivity contribution < 1.29 is 23.8 Å². The number of hydrogen-bond acceptors (Lipinski definition) is 5. The maximum atomic E-state index is 12.6. The van der Waals surface area contributed by atoms with Gasteiger partial charge in [0.1, 0.15) is 6.04 Å². The second kappa shape index (κ2) is 9.32. The van der Waals surface area contributed by atoms with E-state index in [1.54, 1.807) is 25.1 Å². The average molecular weight is 407 g/mol. The van der Waals surface area contributed by atoms with Gasteiger partial charge in [0.25, 0.3) is 5.91 Å². The number of anilines is 1. The first-order valence-corrected chi connectivity index (χ1v) is 8.86. The van der Waals surface area contributed by atoms with Crippen LogP contribution in [0.3, 0.4) is 0 Å². The molecule has 2 aromatic carbocycles. The molecule has 0 aliphatic rings. The summed E-state index contributed by atoms with van der Waals surface area (Å²) in [5.74, 6) is 0.241. The summed E-state index contributed by atoms with van der Waals surface area (Å²) in [6.07, 6.45) is 0. The van der Waals surface area contributed by atoms with E-state index >= 15 is 0 Å². The molecule has 0 aliphatic carbocycles. The Morgan fingerprint density at radius 3 is 2.11 bits per heavy atom. The number of hydrogen-bond donors (Lipinski definition) is 2. The molecule has 7 nitrogen and oxygen atoms in total. The van der Waals surface area contributed by atoms with E-state index in [-0.39, 0.29) is 11.5 Å². The lowest BCUT2D eigenvalue weighted by molar-refractivity contribution is -0.117. The van der Waals surface area contributed by atoms with Crippen molar-refractivity contribution in [3.8, 4) is 17.2 Å². The molecule has 150 valence electrons. The molecule has 0 fully saturated rings. The van der Waals surface area contributed by atoms with Crippen LogP contribution in [0.1, 0.15) is 22.8 Å². The molecular weight excluding hydrogens is 384 g/mol. The molecule has 28 heavy (non-hydrogen) atoms. The Labute approximate surface area is 168 Å². The SMILES string of the molecule is COc1cc(C(=O)N[C@@H](C)C(=O)Nc2ccc(C)c(Cl)c2)cc(OC)c1OC. The number of carbonyl (C=O) groups excluding carboxylic acids is 2. The maximum Gasteiger partial charge on any atom is 0.252 e. The van der Waals surface area contributed by atoms with Crippen LogP contribution in [0.5, 0.6) is 17.2 Å². The van der Waals surface area contributed by atoms with Crippen molar-refractivity contribution in [2.24, 2.45) is 0 Å². The van der Waals surface area contributed by atoms with E-state index < -0.39 is 11.9 Å². The number of nitrogens with one attached hydrogen (secondary N) is 2. The van der Waals surface area contributed by atoms with Crippen molar-refractivity contribution in [1.82, 2.24) is 5.32 Å². The van der Waals surface area contributed by atoms with Crippen molar-refractivity contribution in [3.63, 3.8) is 0 Å². The third-order valence-corrected chi connectivity index (χ3v) is 4.51. The number of aryl methyl sites for hydroxylation is 1. The topological polar surface area (TPSA) is 85.9 Å². The quantitative estimate of drug-likeness (QED) is 0.735. The summed E-state index contributed by atoms with van der Waals surface area (Å²) in [7, 11) is 4.40. The number of rotatable bonds is 7. The van der Waals surface area contributed by atoms with Gasteiger partial charge in [-0.25, -0.2) is 0 Å². The minimum atomic E-state index is -0.785. The zero-order valence-electron chi connectivity index (χ0n) is 16.4. The zero-order valence-corrected chi connectivity index (χ0v) is 17.1. The van der Waals surface area contributed by atoms with E-state index in [9.17, 15) is 9.59 Å². The summed E-state index contributed by atoms with van der Waals surface area (Å²) in [6.45, 7) is 3.45. The highest BCUT2D eigenvalue weighted by atomic mass is 35.5. The Bertz CT molecular complexity index is 860. The fourth-order valence-corrected chi connectivity index (χ4v) is 2.66. The predicted octanol–water partition coefficient (Wildman–Crippen LogP) is 3.43. The van der Waals surface area contributed by atoms with Gasteiger partial charge >= 0.3 is 0 Å². The standard InChI is InChI=1S/C20H23ClN2O5/c1-11-6-7-14(10-15(11)21)23-19(24)12(2)22-20(25)13-8-16(26-3)18(28-5)17(9-13)27-4/h6-10,12H,1-5H3,(H,22,25)(H,23,24)/t12-/m0/s1. The highest BCUT2D eigenvalue weighted by molar-refractivity contribution is 6.31. The number of benzene rings is 2. The molecule has 0 saturated heterocycles. The van der Waals surface area contributed by atoms with E-state index in [0.717, 1.165) is 5.56 Å². The lowest BCUT2D eigenvalue weighted by atomic mass is 10.1. The number of ether oxygens (including phenoxy) is 3. The van der Waals surface area contributed by atoms with Crippen LogP contribution in [0.25, 0.3) is 0 Å². The second-order valence-electron chi connectivity index (χ2n) is 6.06. The predicted molar refractivity (Wildman–Crippen MR) is 108 cm³/mol. The van der Waals surface area contributed by atoms with Crippen molar-refractivity contribution in [2.45, 2.75) is 19.9 Å². The van der Waals surface area contributed by atoms with E-state index in [1.807, 2.05) is 6.92 Å². The van der Waals surface area contributed by atoms with Gasteiger partial charge in [-0.1, -0.05) is 17.7 Å². The molecule has 0 aromatic heterocycles. The highest BCUT2D eigenvalue weighted by Gasteiger charge is 2.21. The summed E-state index contributed by atoms with van der Waals surface area (Å²) in [6, 6.07) is 7.45. The maximum absolute atomic E-state index is 12.6. The van der Waals surface area contributed by atoms with Crippen LogP contribution in [0.2, 0.25) is 5.02 Å². The summed E-state index contributed by atoms with van der Waals surface area (Å²) in [5, 5.41) is 5.92. The van der Waals surface area contributed by atoms with Crippen LogP contribution >= 0.6 is 11.6 Å². The fraction of sp³-hybridized carbons (Fsp3) is 0.300. The van der Waals surface area contributed by atoms with Gasteiger partial charge in [-0.15, -0.1) is 0 Å². The lowest BCUT2D eigenvalue weighted by Gasteiger charge is -2.17. The summed E-state index contributed by atoms with van der Waals surface area (Å²) < 4.78 is 15.7. The van der Waals surface area contributed by atoms with Gasteiger partial charge in [-0.2, -0.15) is 0 Å². The summed E-state index contributed by atoms with van der Waals surface area (Å²) in [4.78, 5) is 25.0. The molecule has 8 heteroatoms. The Morgan fingerprint density at radius 1 is 1.00 bits per heavy atom. The zero-order chi connectivity index (χ0) is 20.8. The van der Waals surface area contributed by atoms with Crippen molar-refractivity contribution in [3.05, 3.63) is 46.5 Å². The third-order valence-electron chi connectivity index (χ3n) is 4.11. The van der Waals surface area contributed by atoms with Gasteiger partial charge in [-0.05, 0) is 43.7 Å². The molecule has 0 heterocycles. The molecule has 0 radical (unpaired) electrons. The first-order chi connectivity index (χ1) is 13.3. The minimum Gasteiger partial charge on any atom is -0.493 e. The Balaban J connectivity index is 2.12. The van der Waals surface area contributed by atoms with Gasteiger partial charge < -0.3 is 24.8 Å². The van der Waals surface area contributed by atoms with Crippen LogP contribution < -0.4 is 24.8 Å². The summed E-state index contributed by atoms with van der Waals surface area (Å²) >= 11 is 6.07. The fourth-order valence-electron chi connectivity index (χ4n) is 2.48.